The Morgan fingerprint density at radius 3 is 2.26 bits per heavy atom. The number of carbonyl (C=O) groups excluding carboxylic acids is 1. The second-order valence-electron chi connectivity index (χ2n) is 6.43. The maximum Gasteiger partial charge on any atom is 0.222 e. The second kappa shape index (κ2) is 8.99. The first-order chi connectivity index (χ1) is 12.7. The summed E-state index contributed by atoms with van der Waals surface area (Å²) in [6.07, 6.45) is 2.01. The standard InChI is InChI=1S/C20H24FNO4S/c1-15(16-6-8-17(21)9-7-16)22(2)20(23)5-4-14-26-18-10-12-19(13-11-18)27(3,24)25/h6-13,15H,4-5,14H2,1-3H3. The van der Waals surface area contributed by atoms with Crippen molar-refractivity contribution in [2.75, 3.05) is 19.9 Å². The van der Waals surface area contributed by atoms with Crippen molar-refractivity contribution in [1.29, 1.82) is 0 Å². The van der Waals surface area contributed by atoms with Crippen LogP contribution in [0.3, 0.4) is 0 Å². The summed E-state index contributed by atoms with van der Waals surface area (Å²) in [6.45, 7) is 2.24. The number of hydrogen-bond acceptors (Lipinski definition) is 4. The maximum absolute atomic E-state index is 13.0. The number of ether oxygens (including phenoxy) is 1. The Morgan fingerprint density at radius 1 is 1.11 bits per heavy atom. The van der Waals surface area contributed by atoms with Crippen molar-refractivity contribution in [3.05, 3.63) is 59.9 Å². The fraction of sp³-hybridized carbons (Fsp3) is 0.350. The van der Waals surface area contributed by atoms with E-state index in [0.717, 1.165) is 11.8 Å². The minimum atomic E-state index is -3.23. The monoisotopic (exact) mass is 393 g/mol. The Labute approximate surface area is 159 Å². The van der Waals surface area contributed by atoms with E-state index in [-0.39, 0.29) is 22.7 Å². The first-order valence-electron chi connectivity index (χ1n) is 8.62. The van der Waals surface area contributed by atoms with Crippen LogP contribution in [0.1, 0.15) is 31.4 Å². The Hall–Kier alpha value is -2.41. The number of carbonyl (C=O) groups is 1. The third-order valence-electron chi connectivity index (χ3n) is 4.38. The molecule has 5 nitrogen and oxygen atoms in total. The molecule has 1 atom stereocenters. The molecule has 0 saturated heterocycles. The van der Waals surface area contributed by atoms with Crippen molar-refractivity contribution in [3.63, 3.8) is 0 Å². The molecule has 0 bridgehead atoms. The molecule has 0 fully saturated rings. The normalized spacial score (nSPS) is 12.4. The zero-order chi connectivity index (χ0) is 20.0. The quantitative estimate of drug-likeness (QED) is 0.643. The van der Waals surface area contributed by atoms with E-state index in [2.05, 4.69) is 0 Å². The van der Waals surface area contributed by atoms with E-state index < -0.39 is 9.84 Å². The van der Waals surface area contributed by atoms with Crippen molar-refractivity contribution in [2.45, 2.75) is 30.7 Å². The zero-order valence-electron chi connectivity index (χ0n) is 15.7. The van der Waals surface area contributed by atoms with Crippen LogP contribution in [0, 0.1) is 5.82 Å². The van der Waals surface area contributed by atoms with Gasteiger partial charge >= 0.3 is 0 Å². The highest BCUT2D eigenvalue weighted by molar-refractivity contribution is 7.90. The summed E-state index contributed by atoms with van der Waals surface area (Å²) in [6, 6.07) is 12.1. The van der Waals surface area contributed by atoms with Gasteiger partial charge in [0.15, 0.2) is 9.84 Å². The smallest absolute Gasteiger partial charge is 0.222 e. The molecular weight excluding hydrogens is 369 g/mol. The minimum absolute atomic E-state index is 0.0251. The Bertz CT molecular complexity index is 864. The molecule has 2 rings (SSSR count). The summed E-state index contributed by atoms with van der Waals surface area (Å²) >= 11 is 0. The fourth-order valence-corrected chi connectivity index (χ4v) is 3.18. The van der Waals surface area contributed by atoms with Gasteiger partial charge in [0, 0.05) is 19.7 Å². The molecule has 7 heteroatoms. The molecule has 2 aromatic carbocycles. The summed E-state index contributed by atoms with van der Waals surface area (Å²) in [5.74, 6) is 0.229. The van der Waals surface area contributed by atoms with E-state index in [1.165, 1.54) is 24.3 Å². The van der Waals surface area contributed by atoms with Crippen molar-refractivity contribution in [1.82, 2.24) is 4.90 Å². The highest BCUT2D eigenvalue weighted by Gasteiger charge is 2.17. The van der Waals surface area contributed by atoms with Crippen molar-refractivity contribution in [3.8, 4) is 5.75 Å². The molecule has 2 aromatic rings. The molecule has 0 saturated carbocycles. The largest absolute Gasteiger partial charge is 0.494 e. The third-order valence-corrected chi connectivity index (χ3v) is 5.51. The van der Waals surface area contributed by atoms with Gasteiger partial charge in [0.25, 0.3) is 0 Å². The lowest BCUT2D eigenvalue weighted by molar-refractivity contribution is -0.132. The van der Waals surface area contributed by atoms with Crippen LogP contribution in [-0.4, -0.2) is 39.1 Å². The first kappa shape index (κ1) is 20.9. The van der Waals surface area contributed by atoms with Crippen molar-refractivity contribution in [2.24, 2.45) is 0 Å². The van der Waals surface area contributed by atoms with Gasteiger partial charge in [-0.1, -0.05) is 12.1 Å². The zero-order valence-corrected chi connectivity index (χ0v) is 16.5. The second-order valence-corrected chi connectivity index (χ2v) is 8.44. The van der Waals surface area contributed by atoms with E-state index in [9.17, 15) is 17.6 Å². The molecule has 0 radical (unpaired) electrons. The summed E-state index contributed by atoms with van der Waals surface area (Å²) in [4.78, 5) is 14.2. The predicted molar refractivity (Wildman–Crippen MR) is 102 cm³/mol. The van der Waals surface area contributed by atoms with Gasteiger partial charge in [-0.15, -0.1) is 0 Å². The number of halogens is 1. The lowest BCUT2D eigenvalue weighted by Crippen LogP contribution is -2.29. The maximum atomic E-state index is 13.0. The Balaban J connectivity index is 1.79. The van der Waals surface area contributed by atoms with Crippen LogP contribution >= 0.6 is 0 Å². The summed E-state index contributed by atoms with van der Waals surface area (Å²) in [7, 11) is -1.50. The number of benzene rings is 2. The number of hydrogen-bond donors (Lipinski definition) is 0. The van der Waals surface area contributed by atoms with Gasteiger partial charge in [-0.25, -0.2) is 12.8 Å². The molecule has 0 aromatic heterocycles. The third kappa shape index (κ3) is 6.06. The molecular formula is C20H24FNO4S. The van der Waals surface area contributed by atoms with Gasteiger partial charge in [0.1, 0.15) is 11.6 Å². The van der Waals surface area contributed by atoms with Gasteiger partial charge in [0.05, 0.1) is 17.5 Å². The van der Waals surface area contributed by atoms with Gasteiger partial charge in [-0.2, -0.15) is 0 Å². The topological polar surface area (TPSA) is 63.7 Å². The molecule has 0 aliphatic heterocycles. The Kier molecular flexibility index (Phi) is 6.96. The van der Waals surface area contributed by atoms with E-state index in [0.29, 0.717) is 25.2 Å². The molecule has 0 spiro atoms. The highest BCUT2D eigenvalue weighted by atomic mass is 32.2. The molecule has 0 aliphatic rings. The van der Waals surface area contributed by atoms with Crippen LogP contribution in [0.15, 0.2) is 53.4 Å². The van der Waals surface area contributed by atoms with Crippen LogP contribution < -0.4 is 4.74 Å². The predicted octanol–water partition coefficient (Wildman–Crippen LogP) is 3.61. The number of nitrogens with zero attached hydrogens (tertiary/aromatic N) is 1. The molecule has 0 heterocycles. The molecule has 27 heavy (non-hydrogen) atoms. The number of rotatable bonds is 8. The van der Waals surface area contributed by atoms with Gasteiger partial charge in [0.2, 0.25) is 5.91 Å². The fourth-order valence-electron chi connectivity index (χ4n) is 2.55. The highest BCUT2D eigenvalue weighted by Crippen LogP contribution is 2.20. The summed E-state index contributed by atoms with van der Waals surface area (Å²) in [5.41, 5.74) is 0.870. The summed E-state index contributed by atoms with van der Waals surface area (Å²) < 4.78 is 41.4. The van der Waals surface area contributed by atoms with E-state index in [1.807, 2.05) is 6.92 Å². The van der Waals surface area contributed by atoms with Gasteiger partial charge in [-0.05, 0) is 55.3 Å². The van der Waals surface area contributed by atoms with Crippen molar-refractivity contribution < 1.29 is 22.3 Å². The average Bonchev–Trinajstić information content (AvgIpc) is 2.64. The van der Waals surface area contributed by atoms with Crippen LogP contribution in [0.25, 0.3) is 0 Å². The lowest BCUT2D eigenvalue weighted by Gasteiger charge is -2.25. The van der Waals surface area contributed by atoms with E-state index >= 15 is 0 Å². The molecule has 1 amide bonds. The first-order valence-corrected chi connectivity index (χ1v) is 10.5. The summed E-state index contributed by atoms with van der Waals surface area (Å²) in [5, 5.41) is 0. The number of amides is 1. The van der Waals surface area contributed by atoms with Crippen LogP contribution in [0.4, 0.5) is 4.39 Å². The van der Waals surface area contributed by atoms with E-state index in [4.69, 9.17) is 4.74 Å². The van der Waals surface area contributed by atoms with Crippen molar-refractivity contribution >= 4 is 15.7 Å². The SMILES string of the molecule is CC(c1ccc(F)cc1)N(C)C(=O)CCCOc1ccc(S(C)(=O)=O)cc1. The average molecular weight is 393 g/mol. The molecule has 1 unspecified atom stereocenters. The van der Waals surface area contributed by atoms with Crippen LogP contribution in [0.5, 0.6) is 5.75 Å². The Morgan fingerprint density at radius 2 is 1.70 bits per heavy atom. The molecule has 146 valence electrons. The lowest BCUT2D eigenvalue weighted by atomic mass is 10.1. The van der Waals surface area contributed by atoms with E-state index in [1.54, 1.807) is 36.2 Å². The minimum Gasteiger partial charge on any atom is -0.494 e. The van der Waals surface area contributed by atoms with Crippen LogP contribution in [-0.2, 0) is 14.6 Å². The van der Waals surface area contributed by atoms with Gasteiger partial charge < -0.3 is 9.64 Å². The molecule has 0 N–H and O–H groups in total. The number of sulfone groups is 1. The molecule has 0 aliphatic carbocycles. The van der Waals surface area contributed by atoms with Gasteiger partial charge in [-0.3, -0.25) is 4.79 Å². The van der Waals surface area contributed by atoms with Crippen LogP contribution in [0.2, 0.25) is 0 Å².